The summed E-state index contributed by atoms with van der Waals surface area (Å²) in [6.07, 6.45) is 1.61. The second-order valence-electron chi connectivity index (χ2n) is 7.20. The van der Waals surface area contributed by atoms with Gasteiger partial charge in [0.25, 0.3) is 5.91 Å². The number of nitriles is 1. The van der Waals surface area contributed by atoms with E-state index >= 15 is 0 Å². The van der Waals surface area contributed by atoms with Gasteiger partial charge in [0.2, 0.25) is 0 Å². The van der Waals surface area contributed by atoms with Gasteiger partial charge in [-0.3, -0.25) is 4.79 Å². The van der Waals surface area contributed by atoms with Crippen LogP contribution in [0.25, 0.3) is 11.8 Å². The van der Waals surface area contributed by atoms with E-state index in [4.69, 9.17) is 23.2 Å². The average Bonchev–Trinajstić information content (AvgIpc) is 2.98. The van der Waals surface area contributed by atoms with Gasteiger partial charge in [0.05, 0.1) is 10.0 Å². The molecule has 3 aromatic rings. The van der Waals surface area contributed by atoms with E-state index in [0.717, 1.165) is 33.8 Å². The Labute approximate surface area is 186 Å². The summed E-state index contributed by atoms with van der Waals surface area (Å²) in [7, 11) is 0. The van der Waals surface area contributed by atoms with Gasteiger partial charge in [-0.1, -0.05) is 35.3 Å². The SMILES string of the molecule is Cc1ccc(C)c(NC(=O)/C(C#N)=C/c2cc(C)n(-c3ccc(Cl)c(Cl)c3)c2C)c1. The summed E-state index contributed by atoms with van der Waals surface area (Å²) < 4.78 is 2.01. The van der Waals surface area contributed by atoms with Crippen molar-refractivity contribution in [2.45, 2.75) is 27.7 Å². The Morgan fingerprint density at radius 3 is 2.43 bits per heavy atom. The second kappa shape index (κ2) is 8.79. The summed E-state index contributed by atoms with van der Waals surface area (Å²) >= 11 is 12.2. The van der Waals surface area contributed by atoms with Gasteiger partial charge in [0.1, 0.15) is 11.6 Å². The Kier molecular flexibility index (Phi) is 6.36. The number of carbonyl (C=O) groups excluding carboxylic acids is 1. The number of carbonyl (C=O) groups is 1. The standard InChI is InChI=1S/C24H21Cl2N3O/c1-14-5-6-15(2)23(9-14)28-24(30)19(13-27)11-18-10-16(3)29(17(18)4)20-7-8-21(25)22(26)12-20/h5-12H,1-4H3,(H,28,30)/b19-11+. The van der Waals surface area contributed by atoms with Crippen LogP contribution >= 0.6 is 23.2 Å². The zero-order chi connectivity index (χ0) is 22.0. The van der Waals surface area contributed by atoms with Crippen molar-refractivity contribution in [3.8, 4) is 11.8 Å². The predicted octanol–water partition coefficient (Wildman–Crippen LogP) is 6.56. The van der Waals surface area contributed by atoms with Gasteiger partial charge in [-0.05, 0) is 80.8 Å². The average molecular weight is 438 g/mol. The summed E-state index contributed by atoms with van der Waals surface area (Å²) in [6.45, 7) is 7.75. The molecule has 1 N–H and O–H groups in total. The number of anilines is 1. The van der Waals surface area contributed by atoms with E-state index in [0.29, 0.717) is 15.7 Å². The first-order valence-corrected chi connectivity index (χ1v) is 10.1. The smallest absolute Gasteiger partial charge is 0.266 e. The number of aromatic nitrogens is 1. The fraction of sp³-hybridized carbons (Fsp3) is 0.167. The third-order valence-electron chi connectivity index (χ3n) is 4.94. The zero-order valence-electron chi connectivity index (χ0n) is 17.2. The molecule has 0 bridgehead atoms. The molecule has 30 heavy (non-hydrogen) atoms. The molecule has 0 aliphatic heterocycles. The van der Waals surface area contributed by atoms with Crippen LogP contribution in [0.15, 0.2) is 48.0 Å². The van der Waals surface area contributed by atoms with Crippen molar-refractivity contribution in [1.82, 2.24) is 4.57 Å². The molecule has 0 fully saturated rings. The molecule has 152 valence electrons. The van der Waals surface area contributed by atoms with Gasteiger partial charge in [-0.25, -0.2) is 0 Å². The Balaban J connectivity index is 1.96. The van der Waals surface area contributed by atoms with Crippen molar-refractivity contribution in [3.05, 3.63) is 86.2 Å². The molecule has 0 saturated carbocycles. The fourth-order valence-electron chi connectivity index (χ4n) is 3.32. The number of hydrogen-bond acceptors (Lipinski definition) is 2. The number of amides is 1. The van der Waals surface area contributed by atoms with Gasteiger partial charge in [-0.2, -0.15) is 5.26 Å². The molecule has 1 heterocycles. The van der Waals surface area contributed by atoms with Crippen molar-refractivity contribution in [3.63, 3.8) is 0 Å². The number of aryl methyl sites for hydroxylation is 3. The summed E-state index contributed by atoms with van der Waals surface area (Å²) in [5.41, 5.74) is 6.17. The highest BCUT2D eigenvalue weighted by Gasteiger charge is 2.15. The van der Waals surface area contributed by atoms with Crippen LogP contribution in [0.5, 0.6) is 0 Å². The zero-order valence-corrected chi connectivity index (χ0v) is 18.7. The topological polar surface area (TPSA) is 57.8 Å². The molecule has 1 amide bonds. The van der Waals surface area contributed by atoms with Gasteiger partial charge in [0.15, 0.2) is 0 Å². The molecular weight excluding hydrogens is 417 g/mol. The van der Waals surface area contributed by atoms with Crippen molar-refractivity contribution in [2.24, 2.45) is 0 Å². The lowest BCUT2D eigenvalue weighted by molar-refractivity contribution is -0.112. The van der Waals surface area contributed by atoms with Crippen molar-refractivity contribution >= 4 is 40.9 Å². The van der Waals surface area contributed by atoms with Crippen LogP contribution in [0.1, 0.15) is 28.1 Å². The first kappa shape index (κ1) is 21.7. The molecule has 6 heteroatoms. The Morgan fingerprint density at radius 2 is 1.77 bits per heavy atom. The maximum atomic E-state index is 12.7. The van der Waals surface area contributed by atoms with E-state index in [1.165, 1.54) is 0 Å². The van der Waals surface area contributed by atoms with Crippen LogP contribution in [0.4, 0.5) is 5.69 Å². The minimum Gasteiger partial charge on any atom is -0.321 e. The predicted molar refractivity (Wildman–Crippen MR) is 123 cm³/mol. The number of halogens is 2. The summed E-state index contributed by atoms with van der Waals surface area (Å²) in [4.78, 5) is 12.7. The normalized spacial score (nSPS) is 11.3. The number of rotatable bonds is 4. The van der Waals surface area contributed by atoms with Crippen LogP contribution in [-0.4, -0.2) is 10.5 Å². The third-order valence-corrected chi connectivity index (χ3v) is 5.68. The van der Waals surface area contributed by atoms with Crippen LogP contribution in [-0.2, 0) is 4.79 Å². The Bertz CT molecular complexity index is 1220. The van der Waals surface area contributed by atoms with Crippen LogP contribution in [0.2, 0.25) is 10.0 Å². The fourth-order valence-corrected chi connectivity index (χ4v) is 3.61. The molecule has 0 aliphatic carbocycles. The van der Waals surface area contributed by atoms with Crippen molar-refractivity contribution in [1.29, 1.82) is 5.26 Å². The van der Waals surface area contributed by atoms with Crippen molar-refractivity contribution < 1.29 is 4.79 Å². The molecule has 0 saturated heterocycles. The molecule has 0 spiro atoms. The maximum absolute atomic E-state index is 12.7. The van der Waals surface area contributed by atoms with Gasteiger partial charge >= 0.3 is 0 Å². The lowest BCUT2D eigenvalue weighted by Crippen LogP contribution is -2.14. The quantitative estimate of drug-likeness (QED) is 0.370. The van der Waals surface area contributed by atoms with Crippen molar-refractivity contribution in [2.75, 3.05) is 5.32 Å². The number of benzene rings is 2. The van der Waals surface area contributed by atoms with E-state index in [2.05, 4.69) is 5.32 Å². The van der Waals surface area contributed by atoms with Crippen LogP contribution in [0.3, 0.4) is 0 Å². The minimum absolute atomic E-state index is 0.0327. The molecule has 1 aromatic heterocycles. The first-order valence-electron chi connectivity index (χ1n) is 9.36. The lowest BCUT2D eigenvalue weighted by atomic mass is 10.1. The van der Waals surface area contributed by atoms with Gasteiger partial charge in [0, 0.05) is 22.8 Å². The number of nitrogens with zero attached hydrogens (tertiary/aromatic N) is 2. The summed E-state index contributed by atoms with van der Waals surface area (Å²) in [5.74, 6) is -0.439. The van der Waals surface area contributed by atoms with E-state index in [9.17, 15) is 10.1 Å². The molecule has 3 rings (SSSR count). The van der Waals surface area contributed by atoms with Crippen LogP contribution in [0, 0.1) is 39.0 Å². The molecule has 0 unspecified atom stereocenters. The minimum atomic E-state index is -0.439. The molecule has 0 aliphatic rings. The summed E-state index contributed by atoms with van der Waals surface area (Å²) in [6, 6.07) is 15.2. The highest BCUT2D eigenvalue weighted by Crippen LogP contribution is 2.28. The highest BCUT2D eigenvalue weighted by molar-refractivity contribution is 6.42. The Morgan fingerprint density at radius 1 is 1.03 bits per heavy atom. The van der Waals surface area contributed by atoms with E-state index in [-0.39, 0.29) is 5.57 Å². The van der Waals surface area contributed by atoms with Gasteiger partial charge in [-0.15, -0.1) is 0 Å². The van der Waals surface area contributed by atoms with Crippen LogP contribution < -0.4 is 5.32 Å². The largest absolute Gasteiger partial charge is 0.321 e. The Hall–Kier alpha value is -3.00. The number of nitrogens with one attached hydrogen (secondary N) is 1. The van der Waals surface area contributed by atoms with E-state index in [1.807, 2.05) is 68.7 Å². The second-order valence-corrected chi connectivity index (χ2v) is 8.02. The third kappa shape index (κ3) is 4.43. The lowest BCUT2D eigenvalue weighted by Gasteiger charge is -2.11. The first-order chi connectivity index (χ1) is 14.2. The van der Waals surface area contributed by atoms with E-state index < -0.39 is 5.91 Å². The highest BCUT2D eigenvalue weighted by atomic mass is 35.5. The summed E-state index contributed by atoms with van der Waals surface area (Å²) in [5, 5.41) is 13.4. The molecule has 0 atom stereocenters. The maximum Gasteiger partial charge on any atom is 0.266 e. The molecule has 0 radical (unpaired) electrons. The van der Waals surface area contributed by atoms with Gasteiger partial charge < -0.3 is 9.88 Å². The number of hydrogen-bond donors (Lipinski definition) is 1. The monoisotopic (exact) mass is 437 g/mol. The molecule has 4 nitrogen and oxygen atoms in total. The molecular formula is C24H21Cl2N3O. The van der Waals surface area contributed by atoms with E-state index in [1.54, 1.807) is 18.2 Å². The molecule has 2 aromatic carbocycles.